The van der Waals surface area contributed by atoms with Crippen LogP contribution in [0.15, 0.2) is 48.1 Å². The van der Waals surface area contributed by atoms with Crippen LogP contribution >= 0.6 is 0 Å². The SMILES string of the molecule is COC(=O)C/C(C)=C/C=C\C=C\C1OC(=O)CC2CC(OC(C)=O)CC(CC3CCCC(C[C@@H](C)/C=C/C1C)O3)O2. The van der Waals surface area contributed by atoms with Gasteiger partial charge < -0.3 is 23.7 Å². The Kier molecular flexibility index (Phi) is 13.3. The van der Waals surface area contributed by atoms with Crippen LogP contribution in [0.3, 0.4) is 0 Å². The van der Waals surface area contributed by atoms with Gasteiger partial charge in [-0.3, -0.25) is 14.4 Å². The Morgan fingerprint density at radius 2 is 1.63 bits per heavy atom. The molecular formula is C33H48O8. The summed E-state index contributed by atoms with van der Waals surface area (Å²) in [4.78, 5) is 36.3. The highest BCUT2D eigenvalue weighted by Crippen LogP contribution is 2.32. The molecule has 0 aromatic carbocycles. The van der Waals surface area contributed by atoms with E-state index in [0.29, 0.717) is 18.8 Å². The van der Waals surface area contributed by atoms with Crippen molar-refractivity contribution in [3.8, 4) is 0 Å². The van der Waals surface area contributed by atoms with E-state index in [2.05, 4.69) is 19.1 Å². The Bertz CT molecular complexity index is 995. The van der Waals surface area contributed by atoms with E-state index in [4.69, 9.17) is 23.7 Å². The number of carbonyl (C=O) groups is 3. The van der Waals surface area contributed by atoms with Gasteiger partial charge in [-0.05, 0) is 51.0 Å². The molecule has 0 aromatic rings. The van der Waals surface area contributed by atoms with E-state index in [1.165, 1.54) is 14.0 Å². The van der Waals surface area contributed by atoms with Crippen LogP contribution in [0.2, 0.25) is 0 Å². The minimum atomic E-state index is -0.470. The maximum Gasteiger partial charge on any atom is 0.309 e. The summed E-state index contributed by atoms with van der Waals surface area (Å²) >= 11 is 0. The zero-order valence-corrected chi connectivity index (χ0v) is 25.3. The molecule has 3 aliphatic heterocycles. The van der Waals surface area contributed by atoms with Crippen LogP contribution in [0, 0.1) is 11.8 Å². The highest BCUT2D eigenvalue weighted by molar-refractivity contribution is 5.72. The normalized spacial score (nSPS) is 34.7. The molecule has 8 nitrogen and oxygen atoms in total. The zero-order valence-electron chi connectivity index (χ0n) is 25.3. The van der Waals surface area contributed by atoms with E-state index in [9.17, 15) is 14.4 Å². The number of allylic oxidation sites excluding steroid dienone is 5. The summed E-state index contributed by atoms with van der Waals surface area (Å²) in [6.45, 7) is 7.51. The number of cyclic esters (lactones) is 1. The number of ether oxygens (including phenoxy) is 5. The third kappa shape index (κ3) is 12.0. The Labute approximate surface area is 245 Å². The first-order valence-corrected chi connectivity index (χ1v) is 15.0. The second kappa shape index (κ2) is 16.7. The van der Waals surface area contributed by atoms with Crippen LogP contribution in [0.1, 0.15) is 85.5 Å². The van der Waals surface area contributed by atoms with Gasteiger partial charge in [-0.25, -0.2) is 0 Å². The van der Waals surface area contributed by atoms with Crippen molar-refractivity contribution >= 4 is 17.9 Å². The first-order chi connectivity index (χ1) is 19.6. The van der Waals surface area contributed by atoms with Gasteiger partial charge in [0.25, 0.3) is 0 Å². The lowest BCUT2D eigenvalue weighted by Crippen LogP contribution is -2.42. The van der Waals surface area contributed by atoms with E-state index < -0.39 is 12.2 Å². The number of carbonyl (C=O) groups excluding carboxylic acids is 3. The summed E-state index contributed by atoms with van der Waals surface area (Å²) < 4.78 is 29.1. The molecule has 0 N–H and O–H groups in total. The molecule has 3 heterocycles. The smallest absolute Gasteiger partial charge is 0.309 e. The van der Waals surface area contributed by atoms with Crippen molar-refractivity contribution in [3.63, 3.8) is 0 Å². The molecule has 0 aromatic heterocycles. The fraction of sp³-hybridized carbons (Fsp3) is 0.667. The van der Waals surface area contributed by atoms with Crippen molar-refractivity contribution in [1.82, 2.24) is 0 Å². The molecule has 0 spiro atoms. The molecular weight excluding hydrogens is 524 g/mol. The van der Waals surface area contributed by atoms with Crippen molar-refractivity contribution in [1.29, 1.82) is 0 Å². The maximum atomic E-state index is 13.1. The minimum Gasteiger partial charge on any atom is -0.469 e. The van der Waals surface area contributed by atoms with Gasteiger partial charge in [0.1, 0.15) is 12.2 Å². The van der Waals surface area contributed by atoms with Crippen molar-refractivity contribution < 1.29 is 38.1 Å². The molecule has 0 aliphatic carbocycles. The average molecular weight is 573 g/mol. The summed E-state index contributed by atoms with van der Waals surface area (Å²) in [7, 11) is 1.37. The van der Waals surface area contributed by atoms with Gasteiger partial charge in [-0.1, -0.05) is 55.9 Å². The monoisotopic (exact) mass is 572 g/mol. The number of fused-ring (bicyclic) bond motifs is 4. The van der Waals surface area contributed by atoms with Crippen molar-refractivity contribution in [2.24, 2.45) is 11.8 Å². The van der Waals surface area contributed by atoms with Crippen LogP contribution < -0.4 is 0 Å². The van der Waals surface area contributed by atoms with Gasteiger partial charge >= 0.3 is 17.9 Å². The molecule has 4 bridgehead atoms. The quantitative estimate of drug-likeness (QED) is 0.167. The molecule has 0 saturated carbocycles. The third-order valence-electron chi connectivity index (χ3n) is 7.84. The Balaban J connectivity index is 1.77. The lowest BCUT2D eigenvalue weighted by Gasteiger charge is -2.38. The molecule has 8 heteroatoms. The average Bonchev–Trinajstić information content (AvgIpc) is 2.90. The first-order valence-electron chi connectivity index (χ1n) is 15.0. The molecule has 3 aliphatic rings. The first kappa shape index (κ1) is 32.8. The summed E-state index contributed by atoms with van der Waals surface area (Å²) in [6, 6.07) is 0. The summed E-state index contributed by atoms with van der Waals surface area (Å²) in [6.07, 6.45) is 18.8. The van der Waals surface area contributed by atoms with Gasteiger partial charge in [0.2, 0.25) is 0 Å². The molecule has 7 unspecified atom stereocenters. The number of rotatable bonds is 6. The molecule has 3 rings (SSSR count). The van der Waals surface area contributed by atoms with Gasteiger partial charge in [-0.2, -0.15) is 0 Å². The summed E-state index contributed by atoms with van der Waals surface area (Å²) in [5, 5.41) is 0. The van der Waals surface area contributed by atoms with Gasteiger partial charge in [0.05, 0.1) is 44.4 Å². The third-order valence-corrected chi connectivity index (χ3v) is 7.84. The van der Waals surface area contributed by atoms with E-state index in [1.54, 1.807) is 0 Å². The number of esters is 3. The molecule has 0 radical (unpaired) electrons. The van der Waals surface area contributed by atoms with Crippen molar-refractivity contribution in [2.75, 3.05) is 7.11 Å². The largest absolute Gasteiger partial charge is 0.469 e. The number of hydrogen-bond acceptors (Lipinski definition) is 8. The van der Waals surface area contributed by atoms with Crippen LogP contribution in [-0.2, 0) is 38.1 Å². The number of hydrogen-bond donors (Lipinski definition) is 0. The van der Waals surface area contributed by atoms with Gasteiger partial charge in [0, 0.05) is 25.7 Å². The Hall–Kier alpha value is -2.71. The molecule has 8 atom stereocenters. The van der Waals surface area contributed by atoms with E-state index >= 15 is 0 Å². The summed E-state index contributed by atoms with van der Waals surface area (Å²) in [5.74, 6) is -0.682. The lowest BCUT2D eigenvalue weighted by molar-refractivity contribution is -0.170. The minimum absolute atomic E-state index is 0.0515. The van der Waals surface area contributed by atoms with Gasteiger partial charge in [-0.15, -0.1) is 0 Å². The Morgan fingerprint density at radius 3 is 2.37 bits per heavy atom. The fourth-order valence-electron chi connectivity index (χ4n) is 5.79. The van der Waals surface area contributed by atoms with Crippen LogP contribution in [-0.4, -0.2) is 61.6 Å². The zero-order chi connectivity index (χ0) is 29.8. The van der Waals surface area contributed by atoms with Crippen LogP contribution in [0.25, 0.3) is 0 Å². The fourth-order valence-corrected chi connectivity index (χ4v) is 5.79. The molecule has 41 heavy (non-hydrogen) atoms. The van der Waals surface area contributed by atoms with E-state index in [1.807, 2.05) is 44.2 Å². The van der Waals surface area contributed by atoms with Crippen molar-refractivity contribution in [2.45, 2.75) is 122 Å². The topological polar surface area (TPSA) is 97.4 Å². The predicted molar refractivity (Wildman–Crippen MR) is 156 cm³/mol. The number of methoxy groups -OCH3 is 1. The molecule has 2 saturated heterocycles. The van der Waals surface area contributed by atoms with Crippen molar-refractivity contribution in [3.05, 3.63) is 48.1 Å². The second-order valence-electron chi connectivity index (χ2n) is 11.8. The van der Waals surface area contributed by atoms with Gasteiger partial charge in [0.15, 0.2) is 0 Å². The van der Waals surface area contributed by atoms with Crippen LogP contribution in [0.4, 0.5) is 0 Å². The Morgan fingerprint density at radius 1 is 0.927 bits per heavy atom. The lowest BCUT2D eigenvalue weighted by atomic mass is 9.90. The van der Waals surface area contributed by atoms with E-state index in [-0.39, 0.29) is 61.1 Å². The molecule has 2 fully saturated rings. The maximum absolute atomic E-state index is 13.1. The molecule has 228 valence electrons. The highest BCUT2D eigenvalue weighted by Gasteiger charge is 2.36. The predicted octanol–water partition coefficient (Wildman–Crippen LogP) is 5.95. The van der Waals surface area contributed by atoms with Crippen LogP contribution in [0.5, 0.6) is 0 Å². The van der Waals surface area contributed by atoms with E-state index in [0.717, 1.165) is 37.7 Å². The second-order valence-corrected chi connectivity index (χ2v) is 11.8. The highest BCUT2D eigenvalue weighted by atomic mass is 16.6. The standard InChI is InChI=1S/C33H48O8/c1-22(17-32(35)37-5)10-7-6-8-13-31-24(3)15-14-23(2)16-26-11-9-12-27(39-26)18-29-19-28(38-25(4)34)20-30(40-29)21-33(36)41-31/h6-8,10,13-15,23-24,26-31H,9,11-12,16-21H2,1-5H3/b7-6-,13-8+,15-14+,22-10+/t23-,24?,26?,27?,28?,29?,30?,31?/m0/s1. The summed E-state index contributed by atoms with van der Waals surface area (Å²) in [5.41, 5.74) is 0.883. The molecule has 0 amide bonds.